The predicted octanol–water partition coefficient (Wildman–Crippen LogP) is 14.3. The quantitative estimate of drug-likeness (QED) is 0.104. The molecule has 0 amide bonds. The summed E-state index contributed by atoms with van der Waals surface area (Å²) in [6.07, 6.45) is 39.0. The molecule has 39 heteroatoms. The molecule has 21 rings (SSSR count). The minimum Gasteiger partial charge on any atom is -0.398 e. The average Bonchev–Trinajstić information content (AvgIpc) is 1.61. The van der Waals surface area contributed by atoms with Crippen LogP contribution in [0.25, 0.3) is 73.6 Å². The molecule has 0 saturated heterocycles. The number of rotatable bonds is 9. The van der Waals surface area contributed by atoms with Crippen LogP contribution in [0.3, 0.4) is 0 Å². The van der Waals surface area contributed by atoms with Crippen molar-refractivity contribution in [2.45, 2.75) is 205 Å². The number of hydrogen-bond acceptors (Lipinski definition) is 22. The first-order valence-corrected chi connectivity index (χ1v) is 42.1. The number of aromatic amines is 2. The van der Waals surface area contributed by atoms with E-state index in [4.69, 9.17) is 5.73 Å². The number of anilines is 2. The van der Waals surface area contributed by atoms with Crippen LogP contribution in [0.2, 0.25) is 0 Å². The number of halogens is 1. The van der Waals surface area contributed by atoms with Crippen LogP contribution in [-0.2, 0) is 6.54 Å². The van der Waals surface area contributed by atoms with Crippen LogP contribution in [0.5, 0.6) is 0 Å². The van der Waals surface area contributed by atoms with Crippen molar-refractivity contribution in [3.8, 4) is 0 Å². The molecular formula is C89H105FN30O8. The van der Waals surface area contributed by atoms with Crippen molar-refractivity contribution in [1.29, 1.82) is 0 Å². The second-order valence-electron chi connectivity index (χ2n) is 33.0. The fourth-order valence-corrected chi connectivity index (χ4v) is 14.6. The van der Waals surface area contributed by atoms with Gasteiger partial charge in [0.1, 0.15) is 28.6 Å². The number of ketones is 3. The van der Waals surface area contributed by atoms with E-state index in [1.54, 1.807) is 124 Å². The summed E-state index contributed by atoms with van der Waals surface area (Å²) < 4.78 is 39.1. The molecule has 0 spiro atoms. The number of nitrogens with one attached hydrogen (secondary N) is 3. The number of nitrogen functional groups attached to an aromatic ring is 1. The van der Waals surface area contributed by atoms with E-state index in [1.165, 1.54) is 16.8 Å². The molecule has 0 unspecified atom stereocenters. The van der Waals surface area contributed by atoms with Crippen LogP contribution < -0.4 is 38.7 Å². The molecule has 38 nitrogen and oxygen atoms in total. The summed E-state index contributed by atoms with van der Waals surface area (Å²) in [5, 5.41) is 4.04. The monoisotopic (exact) mass is 1740 g/mol. The van der Waals surface area contributed by atoms with Gasteiger partial charge >= 0.3 is 0 Å². The normalized spacial score (nSPS) is 13.1. The molecule has 3 aliphatic heterocycles. The molecule has 128 heavy (non-hydrogen) atoms. The topological polar surface area (TPSA) is 427 Å². The van der Waals surface area contributed by atoms with Gasteiger partial charge in [-0.15, -0.1) is 0 Å². The van der Waals surface area contributed by atoms with Gasteiger partial charge in [-0.3, -0.25) is 61.4 Å². The van der Waals surface area contributed by atoms with Crippen molar-refractivity contribution in [3.63, 3.8) is 0 Å². The van der Waals surface area contributed by atoms with Gasteiger partial charge in [0.25, 0.3) is 22.2 Å². The van der Waals surface area contributed by atoms with Crippen LogP contribution in [0, 0.1) is 5.82 Å². The third-order valence-electron chi connectivity index (χ3n) is 21.1. The lowest BCUT2D eigenvalue weighted by atomic mass is 10.1. The average molecular weight is 1740 g/mol. The molecule has 0 bridgehead atoms. The minimum absolute atomic E-state index is 0.0376. The van der Waals surface area contributed by atoms with Crippen molar-refractivity contribution >= 4 is 127 Å². The number of aliphatic imine (C=N–C) groups is 2. The molecular weight excluding hydrogens is 1640 g/mol. The Bertz CT molecular complexity index is 7240. The lowest BCUT2D eigenvalue weighted by molar-refractivity contribution is 0.0984. The number of allylic oxidation sites excluding steroid dienone is 2. The molecule has 666 valence electrons. The summed E-state index contributed by atoms with van der Waals surface area (Å²) in [7, 11) is 0. The Balaban J connectivity index is 0.000000123. The number of aromatic nitrogens is 26. The van der Waals surface area contributed by atoms with Crippen molar-refractivity contribution in [2.24, 2.45) is 9.98 Å². The fraction of sp³-hybridized carbons (Fsp3) is 0.348. The highest BCUT2D eigenvalue weighted by atomic mass is 19.1. The van der Waals surface area contributed by atoms with E-state index >= 15 is 0 Å². The largest absolute Gasteiger partial charge is 0.398 e. The number of hydrogen-bond donors (Lipinski definition) is 4. The molecule has 0 saturated carbocycles. The zero-order chi connectivity index (χ0) is 92.1. The van der Waals surface area contributed by atoms with E-state index in [1.807, 2.05) is 141 Å². The Morgan fingerprint density at radius 2 is 1.04 bits per heavy atom. The molecule has 0 atom stereocenters. The van der Waals surface area contributed by atoms with Gasteiger partial charge in [0.2, 0.25) is 28.7 Å². The molecule has 17 aromatic heterocycles. The van der Waals surface area contributed by atoms with Crippen molar-refractivity contribution < 1.29 is 18.8 Å². The number of carbonyl (C=O) groups is 3. The summed E-state index contributed by atoms with van der Waals surface area (Å²) in [5.41, 5.74) is 14.2. The fourth-order valence-electron chi connectivity index (χ4n) is 14.6. The van der Waals surface area contributed by atoms with Gasteiger partial charge in [-0.2, -0.15) is 4.98 Å². The smallest absolute Gasteiger partial charge is 0.287 e. The minimum atomic E-state index is -0.462. The van der Waals surface area contributed by atoms with Crippen LogP contribution in [0.4, 0.5) is 27.7 Å². The Morgan fingerprint density at radius 1 is 0.461 bits per heavy atom. The van der Waals surface area contributed by atoms with Crippen LogP contribution in [0.15, 0.2) is 195 Å². The molecule has 0 fully saturated rings. The standard InChI is InChI=1S/C11H13N5O.C10H11FN2O.2C10H11N5O.C10H13N3.2C10H12N2O.2C9H11N3O/c1-6(2)16-5-12-8-9(16)14-11-13-7(3)4-15(11)10(8)17;1-6(2)13-5-7(11)9-8(14)3-4-12-10(9)13;1-6(2)15-5-12-7-8(16)13-10-11-3-4-14(10)9(7)15;1-6(2)15-5-12-7-8(15)13-10-11-3-4-14(10)9(7)16;1-7(2)13-6-4-8-9(11)3-5-12-10(8)13;1-7(2)12-6-4-8-9(13)3-5-11-10(8)12;1-7(2)12-6-11-10-8(12)4-3-5-9(10)13;1-7(2)11-5-3-8(13)12-6-4-10-9(11)12;1-7(2)11-5-3-8(13)9-10-4-6-12(9)11/h5-6H,3-4H2,1-2H3,(H,13,14);4-6H,3H2,1-2H3;3-6H,1-2H3,(H,11,13,16);3-6H,1-2H3,(H,11,13);3-7H,1-2H3,(H2,11,12);4-7H,3H2,1-2H3;3-4,6-7H,5H2,1-2H3;2*3-7H,1-2H3. The number of H-pyrrole nitrogens is 2. The van der Waals surface area contributed by atoms with Crippen LogP contribution in [0.1, 0.15) is 235 Å². The second-order valence-corrected chi connectivity index (χ2v) is 33.0. The zero-order valence-electron chi connectivity index (χ0n) is 74.7. The SMILES string of the molecule is C=C1Cn2c(nc3c(ncn3C(C)C)c2=O)N1.CC(C)n1cc(F)c2c1N=CCC2=O.CC(C)n1ccc(=O)c2nccn21.CC(C)n1ccc(=O)n2ccnc12.CC(C)n1ccc2c(N)ccnc21.CC(C)n1ccc2c1N=CCC2=O.CC(C)n1cnc2c(=O)[nH]c3nccn3c21.CC(C)n1cnc2c(=O)n3ccnc3[nH]c21.CC(C)n1cnc2c1C=CCC2=O. The van der Waals surface area contributed by atoms with E-state index in [0.717, 1.165) is 50.8 Å². The molecule has 17 aromatic rings. The Hall–Kier alpha value is -15.2. The number of nitrogens with zero attached hydrogens (tertiary/aromatic N) is 26. The predicted molar refractivity (Wildman–Crippen MR) is 493 cm³/mol. The maximum Gasteiger partial charge on any atom is 0.287 e. The number of Topliss-reactive ketones (excluding diaryl/α,β-unsaturated/α-hetero) is 3. The Kier molecular flexibility index (Phi) is 26.9. The van der Waals surface area contributed by atoms with Crippen molar-refractivity contribution in [3.05, 3.63) is 241 Å². The first-order chi connectivity index (χ1) is 61.0. The summed E-state index contributed by atoms with van der Waals surface area (Å²) in [5.74, 6) is 3.24. The maximum absolute atomic E-state index is 13.4. The molecule has 1 aliphatic carbocycles. The Morgan fingerprint density at radius 3 is 1.72 bits per heavy atom. The lowest BCUT2D eigenvalue weighted by Gasteiger charge is -2.12. The van der Waals surface area contributed by atoms with Crippen molar-refractivity contribution in [1.82, 2.24) is 123 Å². The summed E-state index contributed by atoms with van der Waals surface area (Å²) >= 11 is 0. The molecule has 5 N–H and O–H groups in total. The molecule has 20 heterocycles. The maximum atomic E-state index is 13.4. The summed E-state index contributed by atoms with van der Waals surface area (Å²) in [6, 6.07) is 11.4. The second kappa shape index (κ2) is 38.1. The lowest BCUT2D eigenvalue weighted by Crippen LogP contribution is -2.19. The van der Waals surface area contributed by atoms with Gasteiger partial charge in [0.05, 0.1) is 48.7 Å². The highest BCUT2D eigenvalue weighted by Gasteiger charge is 2.27. The first kappa shape index (κ1) is 90.5. The van der Waals surface area contributed by atoms with Gasteiger partial charge in [-0.05, 0) is 149 Å². The van der Waals surface area contributed by atoms with E-state index in [9.17, 15) is 42.7 Å². The summed E-state index contributed by atoms with van der Waals surface area (Å²) in [6.45, 7) is 41.1. The Labute approximate surface area is 731 Å². The van der Waals surface area contributed by atoms with Crippen molar-refractivity contribution in [2.75, 3.05) is 11.1 Å². The van der Waals surface area contributed by atoms with Crippen LogP contribution in [-0.4, -0.2) is 153 Å². The van der Waals surface area contributed by atoms with E-state index < -0.39 is 5.82 Å². The van der Waals surface area contributed by atoms with Crippen LogP contribution >= 0.6 is 0 Å². The number of pyridine rings is 1. The van der Waals surface area contributed by atoms with Gasteiger partial charge in [0, 0.05) is 202 Å². The zero-order valence-corrected chi connectivity index (χ0v) is 74.7. The molecule has 0 aromatic carbocycles. The molecule has 0 radical (unpaired) electrons. The highest BCUT2D eigenvalue weighted by Crippen LogP contribution is 2.33. The summed E-state index contributed by atoms with van der Waals surface area (Å²) in [4.78, 5) is 148. The van der Waals surface area contributed by atoms with Gasteiger partial charge in [0.15, 0.2) is 56.7 Å². The highest BCUT2D eigenvalue weighted by molar-refractivity contribution is 6.10. The third-order valence-corrected chi connectivity index (χ3v) is 21.1. The van der Waals surface area contributed by atoms with E-state index in [2.05, 4.69) is 155 Å². The van der Waals surface area contributed by atoms with Gasteiger partial charge < -0.3 is 52.6 Å². The third kappa shape index (κ3) is 18.5. The molecule has 4 aliphatic rings. The van der Waals surface area contributed by atoms with E-state index in [-0.39, 0.29) is 81.2 Å². The number of carbonyl (C=O) groups excluding carboxylic acids is 3. The first-order valence-electron chi connectivity index (χ1n) is 42.1. The number of imidazole rings is 8. The van der Waals surface area contributed by atoms with Gasteiger partial charge in [-0.1, -0.05) is 12.7 Å². The van der Waals surface area contributed by atoms with Gasteiger partial charge in [-0.25, -0.2) is 68.1 Å². The van der Waals surface area contributed by atoms with E-state index in [0.29, 0.717) is 112 Å². The number of nitrogens with two attached hydrogens (primary N) is 1. The number of fused-ring (bicyclic) bond motifs is 13.